The summed E-state index contributed by atoms with van der Waals surface area (Å²) in [5.74, 6) is 1.04. The van der Waals surface area contributed by atoms with E-state index in [-0.39, 0.29) is 0 Å². The highest BCUT2D eigenvalue weighted by Crippen LogP contribution is 2.30. The summed E-state index contributed by atoms with van der Waals surface area (Å²) in [7, 11) is 0. The van der Waals surface area contributed by atoms with E-state index in [0.717, 1.165) is 12.5 Å². The monoisotopic (exact) mass is 281 g/mol. The van der Waals surface area contributed by atoms with Crippen molar-refractivity contribution in [3.63, 3.8) is 0 Å². The molecule has 1 aliphatic heterocycles. The van der Waals surface area contributed by atoms with Crippen LogP contribution in [0.4, 0.5) is 0 Å². The van der Waals surface area contributed by atoms with Crippen LogP contribution in [0.15, 0.2) is 0 Å². The van der Waals surface area contributed by atoms with Gasteiger partial charge in [0.05, 0.1) is 0 Å². The number of nitrogens with zero attached hydrogens (tertiary/aromatic N) is 2. The van der Waals surface area contributed by atoms with E-state index in [1.165, 1.54) is 58.5 Å². The van der Waals surface area contributed by atoms with E-state index >= 15 is 0 Å². The first kappa shape index (κ1) is 16.3. The molecule has 0 aromatic heterocycles. The largest absolute Gasteiger partial charge is 0.314 e. The van der Waals surface area contributed by atoms with Crippen LogP contribution < -0.4 is 5.32 Å². The number of rotatable bonds is 8. The van der Waals surface area contributed by atoms with E-state index in [1.54, 1.807) is 0 Å². The van der Waals surface area contributed by atoms with Crippen LogP contribution in [0.1, 0.15) is 47.0 Å². The Bertz CT molecular complexity index is 278. The SMILES string of the molecule is CCCNC(C)C(C)(C)CN1CCN(CC2CC2)CC1. The summed E-state index contributed by atoms with van der Waals surface area (Å²) in [4.78, 5) is 5.35. The van der Waals surface area contributed by atoms with E-state index in [4.69, 9.17) is 0 Å². The molecule has 2 rings (SSSR count). The van der Waals surface area contributed by atoms with Crippen LogP contribution in [-0.4, -0.2) is 61.7 Å². The molecule has 3 heteroatoms. The lowest BCUT2D eigenvalue weighted by molar-refractivity contribution is 0.0811. The number of piperazine rings is 1. The van der Waals surface area contributed by atoms with E-state index in [0.29, 0.717) is 11.5 Å². The molecule has 1 unspecified atom stereocenters. The molecule has 0 spiro atoms. The van der Waals surface area contributed by atoms with Gasteiger partial charge in [0.1, 0.15) is 0 Å². The first-order chi connectivity index (χ1) is 9.51. The molecule has 118 valence electrons. The Morgan fingerprint density at radius 1 is 1.10 bits per heavy atom. The lowest BCUT2D eigenvalue weighted by atomic mass is 9.84. The predicted molar refractivity (Wildman–Crippen MR) is 87.1 cm³/mol. The minimum absolute atomic E-state index is 0.355. The summed E-state index contributed by atoms with van der Waals surface area (Å²) in [5, 5.41) is 3.67. The normalized spacial score (nSPS) is 24.0. The van der Waals surface area contributed by atoms with Gasteiger partial charge in [0.25, 0.3) is 0 Å². The lowest BCUT2D eigenvalue weighted by Gasteiger charge is -2.41. The van der Waals surface area contributed by atoms with Crippen LogP contribution in [0, 0.1) is 11.3 Å². The Morgan fingerprint density at radius 3 is 2.25 bits per heavy atom. The molecule has 1 aliphatic carbocycles. The maximum absolute atomic E-state index is 3.67. The van der Waals surface area contributed by atoms with Crippen LogP contribution in [0.25, 0.3) is 0 Å². The molecule has 1 N–H and O–H groups in total. The minimum Gasteiger partial charge on any atom is -0.314 e. The molecule has 0 aromatic carbocycles. The van der Waals surface area contributed by atoms with Gasteiger partial charge >= 0.3 is 0 Å². The average Bonchev–Trinajstić information content (AvgIpc) is 3.22. The van der Waals surface area contributed by atoms with Gasteiger partial charge in [-0.1, -0.05) is 20.8 Å². The molecular formula is C17H35N3. The van der Waals surface area contributed by atoms with Crippen molar-refractivity contribution in [2.45, 2.75) is 53.0 Å². The van der Waals surface area contributed by atoms with Crippen LogP contribution in [0.2, 0.25) is 0 Å². The Morgan fingerprint density at radius 2 is 1.70 bits per heavy atom. The first-order valence-electron chi connectivity index (χ1n) is 8.69. The molecule has 1 saturated carbocycles. The Kier molecular flexibility index (Phi) is 5.88. The van der Waals surface area contributed by atoms with Gasteiger partial charge in [-0.2, -0.15) is 0 Å². The molecule has 0 radical (unpaired) electrons. The summed E-state index contributed by atoms with van der Waals surface area (Å²) in [5.41, 5.74) is 0.355. The van der Waals surface area contributed by atoms with Crippen molar-refractivity contribution in [2.24, 2.45) is 11.3 Å². The third-order valence-corrected chi connectivity index (χ3v) is 5.18. The molecule has 3 nitrogen and oxygen atoms in total. The third-order valence-electron chi connectivity index (χ3n) is 5.18. The maximum atomic E-state index is 3.67. The number of nitrogens with one attached hydrogen (secondary N) is 1. The van der Waals surface area contributed by atoms with Crippen molar-refractivity contribution in [1.29, 1.82) is 0 Å². The second-order valence-corrected chi connectivity index (χ2v) is 7.68. The zero-order chi connectivity index (χ0) is 14.6. The van der Waals surface area contributed by atoms with Crippen molar-refractivity contribution in [2.75, 3.05) is 45.8 Å². The van der Waals surface area contributed by atoms with Crippen molar-refractivity contribution >= 4 is 0 Å². The van der Waals surface area contributed by atoms with Gasteiger partial charge in [-0.25, -0.2) is 0 Å². The molecular weight excluding hydrogens is 246 g/mol. The first-order valence-corrected chi connectivity index (χ1v) is 8.69. The second-order valence-electron chi connectivity index (χ2n) is 7.68. The maximum Gasteiger partial charge on any atom is 0.0110 e. The smallest absolute Gasteiger partial charge is 0.0110 e. The second kappa shape index (κ2) is 7.24. The van der Waals surface area contributed by atoms with E-state index in [9.17, 15) is 0 Å². The highest BCUT2D eigenvalue weighted by molar-refractivity contribution is 4.86. The fraction of sp³-hybridized carbons (Fsp3) is 1.00. The Balaban J connectivity index is 1.69. The fourth-order valence-electron chi connectivity index (χ4n) is 3.15. The van der Waals surface area contributed by atoms with Crippen LogP contribution in [0.3, 0.4) is 0 Å². The summed E-state index contributed by atoms with van der Waals surface area (Å²) < 4.78 is 0. The summed E-state index contributed by atoms with van der Waals surface area (Å²) in [6.45, 7) is 18.2. The van der Waals surface area contributed by atoms with Gasteiger partial charge in [-0.3, -0.25) is 0 Å². The van der Waals surface area contributed by atoms with Gasteiger partial charge in [0, 0.05) is 45.3 Å². The topological polar surface area (TPSA) is 18.5 Å². The molecule has 0 aromatic rings. The molecule has 1 saturated heterocycles. The highest BCUT2D eigenvalue weighted by atomic mass is 15.3. The zero-order valence-electron chi connectivity index (χ0n) is 14.1. The van der Waals surface area contributed by atoms with Gasteiger partial charge in [0.2, 0.25) is 0 Å². The number of hydrogen-bond donors (Lipinski definition) is 1. The number of hydrogen-bond acceptors (Lipinski definition) is 3. The van der Waals surface area contributed by atoms with Gasteiger partial charge in [0.15, 0.2) is 0 Å². The third kappa shape index (κ3) is 5.01. The molecule has 2 aliphatic rings. The lowest BCUT2D eigenvalue weighted by Crippen LogP contribution is -2.53. The Hall–Kier alpha value is -0.120. The predicted octanol–water partition coefficient (Wildman–Crippen LogP) is 2.43. The zero-order valence-corrected chi connectivity index (χ0v) is 14.1. The summed E-state index contributed by atoms with van der Waals surface area (Å²) in [6, 6.07) is 0.590. The molecule has 1 atom stereocenters. The van der Waals surface area contributed by atoms with Crippen molar-refractivity contribution in [3.05, 3.63) is 0 Å². The van der Waals surface area contributed by atoms with Crippen LogP contribution in [-0.2, 0) is 0 Å². The standard InChI is InChI=1S/C17H35N3/c1-5-8-18-15(2)17(3,4)14-20-11-9-19(10-12-20)13-16-6-7-16/h15-16,18H,5-14H2,1-4H3. The van der Waals surface area contributed by atoms with Crippen molar-refractivity contribution < 1.29 is 0 Å². The highest BCUT2D eigenvalue weighted by Gasteiger charge is 2.31. The molecule has 2 fully saturated rings. The summed E-state index contributed by atoms with van der Waals surface area (Å²) in [6.07, 6.45) is 4.18. The van der Waals surface area contributed by atoms with E-state index in [2.05, 4.69) is 42.8 Å². The fourth-order valence-corrected chi connectivity index (χ4v) is 3.15. The quantitative estimate of drug-likeness (QED) is 0.737. The minimum atomic E-state index is 0.355. The van der Waals surface area contributed by atoms with Gasteiger partial charge < -0.3 is 15.1 Å². The average molecular weight is 281 g/mol. The molecule has 0 amide bonds. The van der Waals surface area contributed by atoms with Crippen LogP contribution >= 0.6 is 0 Å². The molecule has 1 heterocycles. The van der Waals surface area contributed by atoms with Crippen LogP contribution in [0.5, 0.6) is 0 Å². The molecule has 20 heavy (non-hydrogen) atoms. The Labute approximate surface area is 126 Å². The van der Waals surface area contributed by atoms with E-state index < -0.39 is 0 Å². The van der Waals surface area contributed by atoms with Gasteiger partial charge in [-0.15, -0.1) is 0 Å². The van der Waals surface area contributed by atoms with Crippen molar-refractivity contribution in [3.8, 4) is 0 Å². The molecule has 0 bridgehead atoms. The van der Waals surface area contributed by atoms with Gasteiger partial charge in [-0.05, 0) is 44.1 Å². The summed E-state index contributed by atoms with van der Waals surface area (Å²) >= 11 is 0. The van der Waals surface area contributed by atoms with E-state index in [1.807, 2.05) is 0 Å². The van der Waals surface area contributed by atoms with Crippen molar-refractivity contribution in [1.82, 2.24) is 15.1 Å².